The van der Waals surface area contributed by atoms with Crippen LogP contribution in [0.25, 0.3) is 0 Å². The Balaban J connectivity index is 0.00000323. The molecule has 3 aliphatic rings. The zero-order valence-electron chi connectivity index (χ0n) is 24.2. The standard InChI is InChI=1S/C34H36N3O2.Pt/c1-33(2,3)24-14-15-30-31(18-24)36(7)22-37(30,23-36)26-10-8-11-27(20-26)38-28-12-9-13-29(21-28)39-32-19-25(16-17-35-32)34(4,5)6;/h8-19,22H,23H2,1-7H3;/q-1;/t36-,37+;/m0./s1. The fourth-order valence-corrected chi connectivity index (χ4v) is 5.59. The first kappa shape index (κ1) is 28.5. The van der Waals surface area contributed by atoms with Gasteiger partial charge in [-0.05, 0) is 28.0 Å². The van der Waals surface area contributed by atoms with Gasteiger partial charge in [-0.25, -0.2) is 4.98 Å². The zero-order chi connectivity index (χ0) is 27.6. The van der Waals surface area contributed by atoms with E-state index < -0.39 is 0 Å². The summed E-state index contributed by atoms with van der Waals surface area (Å²) in [6.07, 6.45) is 1.78. The van der Waals surface area contributed by atoms with Crippen LogP contribution in [0.1, 0.15) is 52.7 Å². The van der Waals surface area contributed by atoms with Gasteiger partial charge in [-0.2, -0.15) is 12.1 Å². The van der Waals surface area contributed by atoms with Gasteiger partial charge in [0.25, 0.3) is 0 Å². The summed E-state index contributed by atoms with van der Waals surface area (Å²) in [5, 5.41) is 0. The van der Waals surface area contributed by atoms with Crippen molar-refractivity contribution in [3.05, 3.63) is 103 Å². The first-order valence-electron chi connectivity index (χ1n) is 13.5. The Morgan fingerprint density at radius 1 is 0.750 bits per heavy atom. The molecule has 1 saturated heterocycles. The fraction of sp³-hybridized carbons (Fsp3) is 0.294. The molecular formula is C34H36N3O2Pt-. The van der Waals surface area contributed by atoms with Crippen LogP contribution in [0.4, 0.5) is 17.1 Å². The number of quaternary nitrogens is 2. The summed E-state index contributed by atoms with van der Waals surface area (Å²) in [7, 11) is 2.28. The van der Waals surface area contributed by atoms with Gasteiger partial charge in [0.05, 0.1) is 13.7 Å². The van der Waals surface area contributed by atoms with E-state index in [0.717, 1.165) is 22.4 Å². The number of hydrogen-bond donors (Lipinski definition) is 0. The van der Waals surface area contributed by atoms with Gasteiger partial charge in [0.2, 0.25) is 5.88 Å². The molecule has 40 heavy (non-hydrogen) atoms. The number of aromatic nitrogens is 1. The summed E-state index contributed by atoms with van der Waals surface area (Å²) in [4.78, 5) is 4.38. The molecule has 1 fully saturated rings. The molecule has 210 valence electrons. The van der Waals surface area contributed by atoms with Gasteiger partial charge in [-0.15, -0.1) is 24.3 Å². The Bertz CT molecular complexity index is 1560. The number of benzene rings is 3. The molecule has 1 aromatic heterocycles. The summed E-state index contributed by atoms with van der Waals surface area (Å²) in [6, 6.07) is 29.5. The molecule has 0 amide bonds. The first-order chi connectivity index (χ1) is 18.4. The summed E-state index contributed by atoms with van der Waals surface area (Å²) in [5.41, 5.74) is 6.39. The zero-order valence-corrected chi connectivity index (χ0v) is 26.5. The molecule has 0 spiro atoms. The molecule has 0 saturated carbocycles. The maximum atomic E-state index is 6.23. The molecule has 4 heterocycles. The molecule has 3 aromatic carbocycles. The summed E-state index contributed by atoms with van der Waals surface area (Å²) < 4.78 is 13.8. The van der Waals surface area contributed by atoms with E-state index in [2.05, 4.69) is 96.6 Å². The van der Waals surface area contributed by atoms with Crippen LogP contribution >= 0.6 is 0 Å². The van der Waals surface area contributed by atoms with Crippen molar-refractivity contribution in [1.82, 2.24) is 14.0 Å². The largest absolute Gasteiger partial charge is 0.509 e. The molecule has 6 heteroatoms. The molecule has 0 unspecified atom stereocenters. The van der Waals surface area contributed by atoms with E-state index in [0.29, 0.717) is 27.6 Å². The van der Waals surface area contributed by atoms with Gasteiger partial charge in [-0.1, -0.05) is 59.7 Å². The van der Waals surface area contributed by atoms with Crippen molar-refractivity contribution in [1.29, 1.82) is 0 Å². The molecule has 2 bridgehead atoms. The molecule has 0 radical (unpaired) electrons. The van der Waals surface area contributed by atoms with E-state index in [1.165, 1.54) is 16.9 Å². The number of nitrogens with zero attached hydrogens (tertiary/aromatic N) is 3. The van der Waals surface area contributed by atoms with Crippen LogP contribution in [0.15, 0.2) is 72.9 Å². The second kappa shape index (κ2) is 9.83. The van der Waals surface area contributed by atoms with Gasteiger partial charge in [-0.3, -0.25) is 0 Å². The first-order valence-corrected chi connectivity index (χ1v) is 13.5. The Morgan fingerprint density at radius 3 is 2.02 bits per heavy atom. The predicted molar refractivity (Wildman–Crippen MR) is 157 cm³/mol. The Morgan fingerprint density at radius 2 is 1.35 bits per heavy atom. The minimum absolute atomic E-state index is 0. The Hall–Kier alpha value is -2.98. The third-order valence-electron chi connectivity index (χ3n) is 7.75. The molecule has 7 rings (SSSR count). The molecule has 4 aromatic rings. The van der Waals surface area contributed by atoms with Crippen molar-refractivity contribution in [3.8, 4) is 23.1 Å². The molecule has 0 aliphatic carbocycles. The third kappa shape index (κ3) is 5.00. The number of pyridine rings is 1. The average Bonchev–Trinajstić information content (AvgIpc) is 3.26. The fourth-order valence-electron chi connectivity index (χ4n) is 5.59. The van der Waals surface area contributed by atoms with E-state index in [-0.39, 0.29) is 31.9 Å². The van der Waals surface area contributed by atoms with Crippen LogP contribution in [-0.2, 0) is 31.9 Å². The normalized spacial score (nSPS) is 21.2. The van der Waals surface area contributed by atoms with Gasteiger partial charge < -0.3 is 18.4 Å². The minimum Gasteiger partial charge on any atom is -0.509 e. The molecule has 0 N–H and O–H groups in total. The van der Waals surface area contributed by atoms with Gasteiger partial charge in [0, 0.05) is 68.4 Å². The van der Waals surface area contributed by atoms with Crippen molar-refractivity contribution in [2.45, 2.75) is 52.4 Å². The van der Waals surface area contributed by atoms with Crippen molar-refractivity contribution in [3.63, 3.8) is 0 Å². The van der Waals surface area contributed by atoms with E-state index in [9.17, 15) is 0 Å². The predicted octanol–water partition coefficient (Wildman–Crippen LogP) is 8.54. The van der Waals surface area contributed by atoms with E-state index in [1.807, 2.05) is 42.5 Å². The monoisotopic (exact) mass is 713 g/mol. The third-order valence-corrected chi connectivity index (χ3v) is 7.75. The Labute approximate surface area is 252 Å². The topological polar surface area (TPSA) is 31.4 Å². The average molecular weight is 714 g/mol. The van der Waals surface area contributed by atoms with Crippen molar-refractivity contribution in [2.75, 3.05) is 13.7 Å². The van der Waals surface area contributed by atoms with Gasteiger partial charge in [0.15, 0.2) is 18.0 Å². The minimum atomic E-state index is 0. The number of hydrogen-bond acceptors (Lipinski definition) is 3. The maximum Gasteiger partial charge on any atom is 0.216 e. The van der Waals surface area contributed by atoms with Crippen LogP contribution in [0.2, 0.25) is 0 Å². The summed E-state index contributed by atoms with van der Waals surface area (Å²) in [5.74, 6) is 2.31. The Kier molecular flexibility index (Phi) is 7.02. The molecule has 5 nitrogen and oxygen atoms in total. The quantitative estimate of drug-likeness (QED) is 0.154. The second-order valence-electron chi connectivity index (χ2n) is 13.0. The van der Waals surface area contributed by atoms with Crippen molar-refractivity contribution >= 4 is 17.1 Å². The molecular weight excluding hydrogens is 677 g/mol. The van der Waals surface area contributed by atoms with Crippen LogP contribution in [-0.4, -0.2) is 18.7 Å². The SMILES string of the molecule is CC(C)(C)c1ccnc(Oc2[c-]c(Oc3[c-]c([N@@+]45[CH-][N@@+](C)(C4)c4cc(C(C)(C)C)ccc45)ccc3)ccc2)c1.[Pt]. The molecule has 3 aliphatic heterocycles. The van der Waals surface area contributed by atoms with Crippen LogP contribution in [0, 0.1) is 18.8 Å². The van der Waals surface area contributed by atoms with Crippen LogP contribution < -0.4 is 18.4 Å². The summed E-state index contributed by atoms with van der Waals surface area (Å²) >= 11 is 0. The van der Waals surface area contributed by atoms with Gasteiger partial charge in [0.1, 0.15) is 0 Å². The number of rotatable bonds is 5. The van der Waals surface area contributed by atoms with Gasteiger partial charge >= 0.3 is 0 Å². The van der Waals surface area contributed by atoms with E-state index in [1.54, 1.807) is 6.20 Å². The van der Waals surface area contributed by atoms with Crippen LogP contribution in [0.5, 0.6) is 23.1 Å². The second-order valence-corrected chi connectivity index (χ2v) is 13.0. The van der Waals surface area contributed by atoms with E-state index in [4.69, 9.17) is 9.47 Å². The molecule has 2 atom stereocenters. The van der Waals surface area contributed by atoms with Crippen molar-refractivity contribution < 1.29 is 30.5 Å². The van der Waals surface area contributed by atoms with Crippen LogP contribution in [0.3, 0.4) is 0 Å². The number of ether oxygens (including phenoxy) is 2. The van der Waals surface area contributed by atoms with Crippen molar-refractivity contribution in [2.24, 2.45) is 0 Å². The smallest absolute Gasteiger partial charge is 0.216 e. The van der Waals surface area contributed by atoms with E-state index >= 15 is 0 Å². The summed E-state index contributed by atoms with van der Waals surface area (Å²) in [6.45, 7) is 16.6. The maximum absolute atomic E-state index is 6.23.